The van der Waals surface area contributed by atoms with Crippen LogP contribution >= 0.6 is 0 Å². The standard InChI is InChI=1S/C10H13N/c1-3-8-5-6-10(11)9(4-2)7-8/h4-7H,2-3,11H2,1H3. The van der Waals surface area contributed by atoms with Crippen molar-refractivity contribution in [3.05, 3.63) is 35.9 Å². The minimum absolute atomic E-state index is 0.803. The summed E-state index contributed by atoms with van der Waals surface area (Å²) in [6.07, 6.45) is 2.83. The number of nitrogen functional groups attached to an aromatic ring is 1. The third-order valence-corrected chi connectivity index (χ3v) is 1.78. The van der Waals surface area contributed by atoms with Gasteiger partial charge in [-0.1, -0.05) is 25.6 Å². The Hall–Kier alpha value is -1.24. The van der Waals surface area contributed by atoms with Gasteiger partial charge in [-0.05, 0) is 29.7 Å². The number of hydrogen-bond acceptors (Lipinski definition) is 1. The maximum Gasteiger partial charge on any atom is 0.0387 e. The van der Waals surface area contributed by atoms with Gasteiger partial charge in [0.05, 0.1) is 0 Å². The maximum atomic E-state index is 5.68. The van der Waals surface area contributed by atoms with Crippen molar-refractivity contribution in [1.29, 1.82) is 0 Å². The van der Waals surface area contributed by atoms with E-state index in [4.69, 9.17) is 5.73 Å². The SMILES string of the molecule is C=Cc1cc(CC)ccc1N. The van der Waals surface area contributed by atoms with Crippen molar-refractivity contribution < 1.29 is 0 Å². The van der Waals surface area contributed by atoms with Gasteiger partial charge in [0.2, 0.25) is 0 Å². The number of nitrogens with two attached hydrogens (primary N) is 1. The van der Waals surface area contributed by atoms with Gasteiger partial charge in [-0.2, -0.15) is 0 Å². The molecule has 0 radical (unpaired) electrons. The first-order valence-electron chi connectivity index (χ1n) is 3.78. The third-order valence-electron chi connectivity index (χ3n) is 1.78. The van der Waals surface area contributed by atoms with Crippen LogP contribution in [0.3, 0.4) is 0 Å². The Morgan fingerprint density at radius 1 is 1.55 bits per heavy atom. The average molecular weight is 147 g/mol. The molecule has 0 aromatic heterocycles. The van der Waals surface area contributed by atoms with Gasteiger partial charge in [0.15, 0.2) is 0 Å². The number of benzene rings is 1. The predicted octanol–water partition coefficient (Wildman–Crippen LogP) is 2.47. The molecule has 0 bridgehead atoms. The van der Waals surface area contributed by atoms with Crippen LogP contribution in [-0.2, 0) is 6.42 Å². The summed E-state index contributed by atoms with van der Waals surface area (Å²) in [4.78, 5) is 0. The molecule has 58 valence electrons. The topological polar surface area (TPSA) is 26.0 Å². The highest BCUT2D eigenvalue weighted by Crippen LogP contribution is 2.15. The van der Waals surface area contributed by atoms with E-state index < -0.39 is 0 Å². The van der Waals surface area contributed by atoms with E-state index >= 15 is 0 Å². The molecule has 0 amide bonds. The molecule has 0 aliphatic rings. The minimum Gasteiger partial charge on any atom is -0.398 e. The van der Waals surface area contributed by atoms with Gasteiger partial charge < -0.3 is 5.73 Å². The molecule has 0 fully saturated rings. The van der Waals surface area contributed by atoms with Crippen LogP contribution in [0.15, 0.2) is 24.8 Å². The van der Waals surface area contributed by atoms with E-state index in [1.165, 1.54) is 5.56 Å². The summed E-state index contributed by atoms with van der Waals surface area (Å²) in [5.74, 6) is 0. The molecule has 1 aromatic rings. The van der Waals surface area contributed by atoms with E-state index in [1.807, 2.05) is 12.1 Å². The van der Waals surface area contributed by atoms with E-state index in [1.54, 1.807) is 6.08 Å². The summed E-state index contributed by atoms with van der Waals surface area (Å²) in [5, 5.41) is 0. The number of aryl methyl sites for hydroxylation is 1. The van der Waals surface area contributed by atoms with Crippen molar-refractivity contribution in [1.82, 2.24) is 0 Å². The Morgan fingerprint density at radius 3 is 2.82 bits per heavy atom. The van der Waals surface area contributed by atoms with Crippen LogP contribution in [0.1, 0.15) is 18.1 Å². The normalized spacial score (nSPS) is 9.55. The summed E-state index contributed by atoms with van der Waals surface area (Å²) in [5.41, 5.74) is 8.82. The number of anilines is 1. The van der Waals surface area contributed by atoms with Crippen molar-refractivity contribution >= 4 is 11.8 Å². The fraction of sp³-hybridized carbons (Fsp3) is 0.200. The van der Waals surface area contributed by atoms with Crippen LogP contribution in [0.2, 0.25) is 0 Å². The summed E-state index contributed by atoms with van der Waals surface area (Å²) in [7, 11) is 0. The van der Waals surface area contributed by atoms with Gasteiger partial charge >= 0.3 is 0 Å². The Balaban J connectivity index is 3.12. The van der Waals surface area contributed by atoms with Gasteiger partial charge in [0.25, 0.3) is 0 Å². The van der Waals surface area contributed by atoms with Crippen molar-refractivity contribution in [2.24, 2.45) is 0 Å². The fourth-order valence-electron chi connectivity index (χ4n) is 1.02. The molecule has 1 rings (SSSR count). The smallest absolute Gasteiger partial charge is 0.0387 e. The molecular weight excluding hydrogens is 134 g/mol. The van der Waals surface area contributed by atoms with Crippen LogP contribution in [0, 0.1) is 0 Å². The highest BCUT2D eigenvalue weighted by atomic mass is 14.5. The van der Waals surface area contributed by atoms with Crippen molar-refractivity contribution in [2.45, 2.75) is 13.3 Å². The zero-order valence-electron chi connectivity index (χ0n) is 6.80. The summed E-state index contributed by atoms with van der Waals surface area (Å²) in [6, 6.07) is 6.04. The summed E-state index contributed by atoms with van der Waals surface area (Å²) < 4.78 is 0. The van der Waals surface area contributed by atoms with Gasteiger partial charge in [-0.3, -0.25) is 0 Å². The van der Waals surface area contributed by atoms with Crippen LogP contribution in [0.25, 0.3) is 6.08 Å². The first-order valence-corrected chi connectivity index (χ1v) is 3.78. The Bertz CT molecular complexity index is 264. The zero-order valence-corrected chi connectivity index (χ0v) is 6.80. The summed E-state index contributed by atoms with van der Waals surface area (Å²) >= 11 is 0. The molecule has 0 atom stereocenters. The average Bonchev–Trinajstić information content (AvgIpc) is 2.05. The lowest BCUT2D eigenvalue weighted by Crippen LogP contribution is -1.90. The quantitative estimate of drug-likeness (QED) is 0.639. The molecule has 0 unspecified atom stereocenters. The first-order chi connectivity index (χ1) is 5.27. The molecule has 0 heterocycles. The lowest BCUT2D eigenvalue weighted by atomic mass is 10.1. The van der Waals surface area contributed by atoms with Gasteiger partial charge in [-0.15, -0.1) is 0 Å². The van der Waals surface area contributed by atoms with Gasteiger partial charge in [-0.25, -0.2) is 0 Å². The molecule has 0 spiro atoms. The largest absolute Gasteiger partial charge is 0.398 e. The van der Waals surface area contributed by atoms with Crippen LogP contribution in [0.5, 0.6) is 0 Å². The van der Waals surface area contributed by atoms with E-state index in [0.29, 0.717) is 0 Å². The monoisotopic (exact) mass is 147 g/mol. The highest BCUT2D eigenvalue weighted by Gasteiger charge is 1.94. The lowest BCUT2D eigenvalue weighted by molar-refractivity contribution is 1.14. The summed E-state index contributed by atoms with van der Waals surface area (Å²) in [6.45, 7) is 5.81. The van der Waals surface area contributed by atoms with E-state index in [2.05, 4.69) is 19.6 Å². The number of rotatable bonds is 2. The molecule has 1 aromatic carbocycles. The molecule has 11 heavy (non-hydrogen) atoms. The van der Waals surface area contributed by atoms with Crippen molar-refractivity contribution in [3.63, 3.8) is 0 Å². The highest BCUT2D eigenvalue weighted by molar-refractivity contribution is 5.63. The second kappa shape index (κ2) is 3.24. The van der Waals surface area contributed by atoms with Crippen LogP contribution in [-0.4, -0.2) is 0 Å². The second-order valence-electron chi connectivity index (χ2n) is 2.52. The molecule has 1 heteroatoms. The Labute approximate surface area is 67.5 Å². The Morgan fingerprint density at radius 2 is 2.27 bits per heavy atom. The second-order valence-corrected chi connectivity index (χ2v) is 2.52. The predicted molar refractivity (Wildman–Crippen MR) is 50.3 cm³/mol. The molecular formula is C10H13N. The van der Waals surface area contributed by atoms with Crippen molar-refractivity contribution in [3.8, 4) is 0 Å². The van der Waals surface area contributed by atoms with E-state index in [9.17, 15) is 0 Å². The Kier molecular flexibility index (Phi) is 2.32. The van der Waals surface area contributed by atoms with Crippen molar-refractivity contribution in [2.75, 3.05) is 5.73 Å². The van der Waals surface area contributed by atoms with Crippen LogP contribution in [0.4, 0.5) is 5.69 Å². The van der Waals surface area contributed by atoms with Gasteiger partial charge in [0, 0.05) is 5.69 Å². The molecule has 0 saturated heterocycles. The maximum absolute atomic E-state index is 5.68. The lowest BCUT2D eigenvalue weighted by Gasteiger charge is -2.02. The molecule has 0 aliphatic carbocycles. The molecule has 1 nitrogen and oxygen atoms in total. The third kappa shape index (κ3) is 1.61. The van der Waals surface area contributed by atoms with Crippen LogP contribution < -0.4 is 5.73 Å². The van der Waals surface area contributed by atoms with Gasteiger partial charge in [0.1, 0.15) is 0 Å². The van der Waals surface area contributed by atoms with E-state index in [0.717, 1.165) is 17.7 Å². The number of hydrogen-bond donors (Lipinski definition) is 1. The van der Waals surface area contributed by atoms with E-state index in [-0.39, 0.29) is 0 Å². The molecule has 0 saturated carbocycles. The molecule has 2 N–H and O–H groups in total. The fourth-order valence-corrected chi connectivity index (χ4v) is 1.02. The first kappa shape index (κ1) is 7.86. The zero-order chi connectivity index (χ0) is 8.27. The molecule has 0 aliphatic heterocycles. The minimum atomic E-state index is 0.803.